The van der Waals surface area contributed by atoms with Gasteiger partial charge in [-0.2, -0.15) is 0 Å². The van der Waals surface area contributed by atoms with Crippen LogP contribution in [0.1, 0.15) is 38.1 Å². The number of ether oxygens (including phenoxy) is 1. The van der Waals surface area contributed by atoms with Crippen LogP contribution in [-0.2, 0) is 10.2 Å². The van der Waals surface area contributed by atoms with Gasteiger partial charge in [-0.1, -0.05) is 60.7 Å². The summed E-state index contributed by atoms with van der Waals surface area (Å²) in [7, 11) is 1.55. The molecule has 0 unspecified atom stereocenters. The second-order valence-corrected chi connectivity index (χ2v) is 11.4. The van der Waals surface area contributed by atoms with Crippen LogP contribution >= 0.6 is 11.3 Å². The number of hydrogen-bond acceptors (Lipinski definition) is 6. The number of nitrogens with zero attached hydrogens (tertiary/aromatic N) is 1. The average molecular weight is 547 g/mol. The Morgan fingerprint density at radius 3 is 2.55 bits per heavy atom. The number of thiophene rings is 1. The highest BCUT2D eigenvalue weighted by Gasteiger charge is 2.70. The first-order valence-corrected chi connectivity index (χ1v) is 14.1. The van der Waals surface area contributed by atoms with E-state index >= 15 is 0 Å². The monoisotopic (exact) mass is 546 g/mol. The van der Waals surface area contributed by atoms with Gasteiger partial charge in [0.2, 0.25) is 5.91 Å². The zero-order valence-corrected chi connectivity index (χ0v) is 22.8. The fourth-order valence-corrected chi connectivity index (χ4v) is 7.61. The molecule has 3 aliphatic rings. The van der Waals surface area contributed by atoms with Crippen molar-refractivity contribution in [1.29, 1.82) is 0 Å². The third kappa shape index (κ3) is 3.24. The van der Waals surface area contributed by atoms with E-state index in [1.807, 2.05) is 71.8 Å². The van der Waals surface area contributed by atoms with Crippen molar-refractivity contribution in [2.45, 2.75) is 24.4 Å². The molecular weight excluding hydrogens is 520 g/mol. The molecule has 3 aliphatic heterocycles. The minimum Gasteiger partial charge on any atom is -0.497 e. The number of para-hydroxylation sites is 2. The summed E-state index contributed by atoms with van der Waals surface area (Å²) in [5, 5.41) is 4.94. The summed E-state index contributed by atoms with van der Waals surface area (Å²) in [5.41, 5.74) is 3.32. The molecule has 6 nitrogen and oxygen atoms in total. The highest BCUT2D eigenvalue weighted by molar-refractivity contribution is 7.12. The summed E-state index contributed by atoms with van der Waals surface area (Å²) >= 11 is 1.35. The molecule has 7 rings (SSSR count). The number of carbonyl (C=O) groups excluding carboxylic acids is 3. The summed E-state index contributed by atoms with van der Waals surface area (Å²) < 4.78 is 5.43. The van der Waals surface area contributed by atoms with Gasteiger partial charge in [-0.15, -0.1) is 11.3 Å². The average Bonchev–Trinajstić information content (AvgIpc) is 3.70. The maximum Gasteiger partial charge on any atom is 0.238 e. The van der Waals surface area contributed by atoms with E-state index in [0.717, 1.165) is 22.4 Å². The van der Waals surface area contributed by atoms with Crippen molar-refractivity contribution in [1.82, 2.24) is 0 Å². The third-order valence-corrected chi connectivity index (χ3v) is 9.44. The Hall–Kier alpha value is -4.49. The van der Waals surface area contributed by atoms with E-state index in [-0.39, 0.29) is 17.5 Å². The van der Waals surface area contributed by atoms with Crippen LogP contribution in [0.15, 0.2) is 96.4 Å². The molecule has 1 saturated heterocycles. The van der Waals surface area contributed by atoms with Crippen molar-refractivity contribution < 1.29 is 19.1 Å². The second kappa shape index (κ2) is 9.03. The van der Waals surface area contributed by atoms with Gasteiger partial charge in [0.05, 0.1) is 23.9 Å². The Balaban J connectivity index is 1.56. The van der Waals surface area contributed by atoms with Crippen molar-refractivity contribution in [3.05, 3.63) is 118 Å². The van der Waals surface area contributed by atoms with E-state index in [2.05, 4.69) is 11.4 Å². The number of anilines is 2. The van der Waals surface area contributed by atoms with Crippen LogP contribution in [0.3, 0.4) is 0 Å². The first-order chi connectivity index (χ1) is 19.5. The van der Waals surface area contributed by atoms with Crippen LogP contribution in [0, 0.1) is 5.92 Å². The van der Waals surface area contributed by atoms with Crippen LogP contribution in [-0.4, -0.2) is 36.7 Å². The quantitative estimate of drug-likeness (QED) is 0.311. The lowest BCUT2D eigenvalue weighted by molar-refractivity contribution is -0.121. The molecule has 1 spiro atoms. The Kier molecular flexibility index (Phi) is 5.54. The molecule has 1 N–H and O–H groups in total. The first kappa shape index (κ1) is 24.5. The molecule has 1 aromatic heterocycles. The topological polar surface area (TPSA) is 75.7 Å². The molecule has 198 valence electrons. The lowest BCUT2D eigenvalue weighted by atomic mass is 9.64. The zero-order valence-electron chi connectivity index (χ0n) is 22.0. The summed E-state index contributed by atoms with van der Waals surface area (Å²) in [4.78, 5) is 46.3. The van der Waals surface area contributed by atoms with Gasteiger partial charge in [0.25, 0.3) is 0 Å². The fraction of sp³-hybridized carbons (Fsp3) is 0.182. The summed E-state index contributed by atoms with van der Waals surface area (Å²) in [6.07, 6.45) is 2.07. The maximum absolute atomic E-state index is 14.8. The van der Waals surface area contributed by atoms with E-state index in [1.165, 1.54) is 11.3 Å². The number of nitrogens with one attached hydrogen (secondary N) is 1. The van der Waals surface area contributed by atoms with Crippen LogP contribution in [0.4, 0.5) is 11.4 Å². The Labute approximate surface area is 235 Å². The number of Topliss-reactive ketones (excluding diaryl/α,β-unsaturated/α-hetero) is 2. The van der Waals surface area contributed by atoms with Gasteiger partial charge >= 0.3 is 0 Å². The van der Waals surface area contributed by atoms with Crippen LogP contribution in [0.5, 0.6) is 5.75 Å². The number of allylic oxidation sites excluding steroid dienone is 1. The normalized spacial score (nSPS) is 24.1. The molecule has 3 aromatic carbocycles. The standard InChI is InChI=1S/C33H26N2O4S/c1-19-17-27-33(23-12-4-5-13-24(23)34-32(33)38)28(30(36)20-9-7-10-21(18-20)39-2)29(31(37)26-15-8-16-40-26)35(27)25-14-6-3-11-22(19)25/h3-18,27-29H,1-2H3,(H,34,38)/t27-,28+,29-,33-/m1/s1. The van der Waals surface area contributed by atoms with Crippen LogP contribution in [0.25, 0.3) is 5.57 Å². The summed E-state index contributed by atoms with van der Waals surface area (Å²) in [6, 6.07) is 24.6. The molecule has 4 heterocycles. The number of carbonyl (C=O) groups is 3. The molecule has 4 atom stereocenters. The number of ketones is 2. The lowest BCUT2D eigenvalue weighted by Gasteiger charge is -2.39. The second-order valence-electron chi connectivity index (χ2n) is 10.4. The van der Waals surface area contributed by atoms with Gasteiger partial charge in [-0.25, -0.2) is 0 Å². The largest absolute Gasteiger partial charge is 0.497 e. The van der Waals surface area contributed by atoms with E-state index in [4.69, 9.17) is 4.74 Å². The minimum atomic E-state index is -1.33. The molecule has 0 aliphatic carbocycles. The lowest BCUT2D eigenvalue weighted by Crippen LogP contribution is -2.51. The Bertz CT molecular complexity index is 1730. The molecule has 7 heteroatoms. The predicted octanol–water partition coefficient (Wildman–Crippen LogP) is 6.00. The number of methoxy groups -OCH3 is 1. The Morgan fingerprint density at radius 1 is 0.950 bits per heavy atom. The first-order valence-electron chi connectivity index (χ1n) is 13.2. The predicted molar refractivity (Wildman–Crippen MR) is 156 cm³/mol. The highest BCUT2D eigenvalue weighted by Crippen LogP contribution is 2.59. The van der Waals surface area contributed by atoms with Crippen molar-refractivity contribution in [3.8, 4) is 5.75 Å². The molecule has 1 amide bonds. The Morgan fingerprint density at radius 2 is 1.75 bits per heavy atom. The smallest absolute Gasteiger partial charge is 0.238 e. The van der Waals surface area contributed by atoms with Gasteiger partial charge < -0.3 is 15.0 Å². The number of benzene rings is 3. The number of fused-ring (bicyclic) bond motifs is 6. The molecule has 40 heavy (non-hydrogen) atoms. The van der Waals surface area contributed by atoms with E-state index in [1.54, 1.807) is 37.4 Å². The number of amides is 1. The molecule has 1 fully saturated rings. The van der Waals surface area contributed by atoms with Gasteiger partial charge in [0.1, 0.15) is 17.2 Å². The van der Waals surface area contributed by atoms with E-state index in [9.17, 15) is 14.4 Å². The number of rotatable bonds is 5. The van der Waals surface area contributed by atoms with E-state index in [0.29, 0.717) is 21.9 Å². The van der Waals surface area contributed by atoms with Crippen LogP contribution in [0.2, 0.25) is 0 Å². The van der Waals surface area contributed by atoms with Gasteiger partial charge in [-0.05, 0) is 53.8 Å². The number of hydrogen-bond donors (Lipinski definition) is 1. The fourth-order valence-electron chi connectivity index (χ4n) is 6.91. The van der Waals surface area contributed by atoms with Crippen molar-refractivity contribution in [2.75, 3.05) is 17.3 Å². The van der Waals surface area contributed by atoms with Crippen molar-refractivity contribution in [2.24, 2.45) is 5.92 Å². The van der Waals surface area contributed by atoms with Crippen molar-refractivity contribution >= 4 is 45.8 Å². The van der Waals surface area contributed by atoms with Gasteiger partial charge in [0, 0.05) is 22.5 Å². The SMILES string of the molecule is COc1cccc(C(=O)[C@@H]2[C@H](C(=O)c3cccs3)N3c4ccccc4C(C)=C[C@@H]3[C@@]23C(=O)Nc2ccccc23)c1. The van der Waals surface area contributed by atoms with Crippen molar-refractivity contribution in [3.63, 3.8) is 0 Å². The molecule has 0 saturated carbocycles. The molecular formula is C33H26N2O4S. The highest BCUT2D eigenvalue weighted by atomic mass is 32.1. The molecule has 0 bridgehead atoms. The minimum absolute atomic E-state index is 0.168. The van der Waals surface area contributed by atoms with Gasteiger partial charge in [0.15, 0.2) is 11.6 Å². The van der Waals surface area contributed by atoms with Gasteiger partial charge in [-0.3, -0.25) is 14.4 Å². The zero-order chi connectivity index (χ0) is 27.6. The molecule has 0 radical (unpaired) electrons. The maximum atomic E-state index is 14.8. The summed E-state index contributed by atoms with van der Waals surface area (Å²) in [5.74, 6) is -1.17. The van der Waals surface area contributed by atoms with Crippen LogP contribution < -0.4 is 15.0 Å². The summed E-state index contributed by atoms with van der Waals surface area (Å²) in [6.45, 7) is 2.02. The third-order valence-electron chi connectivity index (χ3n) is 8.55. The molecule has 4 aromatic rings. The van der Waals surface area contributed by atoms with E-state index < -0.39 is 23.4 Å².